The first-order valence-corrected chi connectivity index (χ1v) is 12.4. The number of carboxylic acid groups (broad SMARTS) is 1. The second kappa shape index (κ2) is 17.8. The summed E-state index contributed by atoms with van der Waals surface area (Å²) < 4.78 is 53.1. The average molecular weight is 558 g/mol. The van der Waals surface area contributed by atoms with Crippen molar-refractivity contribution in [2.75, 3.05) is 45.9 Å². The third-order valence-electron chi connectivity index (χ3n) is 4.85. The molecule has 0 aliphatic carbocycles. The largest absolute Gasteiger partial charge is 0.480 e. The molecule has 2 aromatic rings. The summed E-state index contributed by atoms with van der Waals surface area (Å²) in [5.74, 6) is -0.923. The van der Waals surface area contributed by atoms with Crippen LogP contribution in [0.1, 0.15) is 17.2 Å². The zero-order valence-corrected chi connectivity index (χ0v) is 20.8. The first-order chi connectivity index (χ1) is 16.6. The summed E-state index contributed by atoms with van der Waals surface area (Å²) in [5.41, 5.74) is 2.52. The Morgan fingerprint density at radius 2 is 1.40 bits per heavy atom. The Balaban J connectivity index is 0.000000668. The summed E-state index contributed by atoms with van der Waals surface area (Å²) in [5, 5.41) is 9.37. The van der Waals surface area contributed by atoms with Gasteiger partial charge in [-0.2, -0.15) is 0 Å². The molecule has 1 heterocycles. The maximum atomic E-state index is 10.5. The molecule has 2 aromatic carbocycles. The van der Waals surface area contributed by atoms with Gasteiger partial charge in [0.15, 0.2) is 0 Å². The monoisotopic (exact) mass is 556 g/mol. The van der Waals surface area contributed by atoms with E-state index in [0.717, 1.165) is 37.7 Å². The van der Waals surface area contributed by atoms with Gasteiger partial charge >= 0.3 is 5.97 Å². The van der Waals surface area contributed by atoms with Crippen LogP contribution in [0.15, 0.2) is 54.6 Å². The predicted octanol–water partition coefficient (Wildman–Crippen LogP) is -2.72. The Labute approximate surface area is 214 Å². The number of benzene rings is 2. The molecule has 3 N–H and O–H groups in total. The number of halogens is 3. The van der Waals surface area contributed by atoms with Crippen LogP contribution >= 0.6 is 11.6 Å². The molecule has 1 saturated heterocycles. The number of nitrogens with zero attached hydrogens (tertiary/aromatic N) is 2. The Hall–Kier alpha value is -1.58. The summed E-state index contributed by atoms with van der Waals surface area (Å²) in [4.78, 5) is 15.3. The van der Waals surface area contributed by atoms with Gasteiger partial charge in [-0.15, -0.1) is 0 Å². The number of piperazine rings is 1. The molecule has 1 fully saturated rings. The lowest BCUT2D eigenvalue weighted by molar-refractivity contribution is -1.63. The van der Waals surface area contributed by atoms with E-state index in [1.807, 2.05) is 18.2 Å². The van der Waals surface area contributed by atoms with E-state index in [-0.39, 0.29) is 12.6 Å². The molecule has 1 atom stereocenters. The van der Waals surface area contributed by atoms with Gasteiger partial charge in [0.1, 0.15) is 6.61 Å². The topological polar surface area (TPSA) is 186 Å². The van der Waals surface area contributed by atoms with Crippen LogP contribution in [-0.4, -0.2) is 76.1 Å². The maximum Gasteiger partial charge on any atom is 0.329 e. The maximum absolute atomic E-state index is 10.5. The zero-order chi connectivity index (χ0) is 26.2. The van der Waals surface area contributed by atoms with Gasteiger partial charge in [-0.3, -0.25) is 9.80 Å². The first-order valence-electron chi connectivity index (χ1n) is 10.2. The molecule has 0 aromatic heterocycles. The minimum atomic E-state index is -2.60. The first kappa shape index (κ1) is 31.4. The SMILES string of the molecule is O=C(O)COCCN1CCN(C(c2ccccc2)c2ccc(Cl)cc2)CC1.[O-][Cl+2]([O-])O.[O-][Cl+2]([O-])O. The highest BCUT2D eigenvalue weighted by molar-refractivity contribution is 6.30. The molecular formula is C21H27Cl3N2O9. The van der Waals surface area contributed by atoms with Crippen molar-refractivity contribution < 1.29 is 64.2 Å². The van der Waals surface area contributed by atoms with Crippen molar-refractivity contribution in [3.05, 3.63) is 70.7 Å². The molecule has 3 rings (SSSR count). The van der Waals surface area contributed by atoms with Gasteiger partial charge < -0.3 is 28.5 Å². The molecule has 0 saturated carbocycles. The highest BCUT2D eigenvalue weighted by atomic mass is 35.6. The smallest absolute Gasteiger partial charge is 0.329 e. The molecule has 0 bridgehead atoms. The second-order valence-electron chi connectivity index (χ2n) is 7.09. The Morgan fingerprint density at radius 1 is 0.914 bits per heavy atom. The number of rotatable bonds is 8. The summed E-state index contributed by atoms with van der Waals surface area (Å²) in [6.07, 6.45) is 0. The fourth-order valence-electron chi connectivity index (χ4n) is 3.49. The molecule has 0 radical (unpaired) electrons. The van der Waals surface area contributed by atoms with Gasteiger partial charge in [-0.1, -0.05) is 54.1 Å². The highest BCUT2D eigenvalue weighted by Crippen LogP contribution is 2.30. The normalized spacial score (nSPS) is 15.1. The summed E-state index contributed by atoms with van der Waals surface area (Å²) in [6, 6.07) is 18.8. The average Bonchev–Trinajstić information content (AvgIpc) is 2.79. The molecule has 1 aliphatic rings. The van der Waals surface area contributed by atoms with E-state index < -0.39 is 27.5 Å². The third kappa shape index (κ3) is 14.5. The van der Waals surface area contributed by atoms with E-state index in [0.29, 0.717) is 6.61 Å². The van der Waals surface area contributed by atoms with Gasteiger partial charge in [-0.25, -0.2) is 4.79 Å². The third-order valence-corrected chi connectivity index (χ3v) is 5.10. The van der Waals surface area contributed by atoms with Crippen LogP contribution in [0.25, 0.3) is 0 Å². The second-order valence-corrected chi connectivity index (χ2v) is 8.33. The molecule has 1 unspecified atom stereocenters. The highest BCUT2D eigenvalue weighted by Gasteiger charge is 2.26. The number of ether oxygens (including phenoxy) is 1. The molecule has 196 valence electrons. The Kier molecular flexibility index (Phi) is 16.0. The van der Waals surface area contributed by atoms with E-state index in [9.17, 15) is 4.79 Å². The van der Waals surface area contributed by atoms with E-state index in [2.05, 4.69) is 46.2 Å². The van der Waals surface area contributed by atoms with E-state index in [1.165, 1.54) is 11.1 Å². The molecule has 14 heteroatoms. The lowest BCUT2D eigenvalue weighted by Gasteiger charge is -2.39. The minimum absolute atomic E-state index is 0.203. The Bertz CT molecular complexity index is 813. The van der Waals surface area contributed by atoms with Gasteiger partial charge in [-0.05, 0) is 23.3 Å². The van der Waals surface area contributed by atoms with Crippen molar-refractivity contribution in [2.45, 2.75) is 6.04 Å². The molecule has 0 spiro atoms. The van der Waals surface area contributed by atoms with Crippen LogP contribution in [0, 0.1) is 21.6 Å². The van der Waals surface area contributed by atoms with Crippen molar-refractivity contribution >= 4 is 17.6 Å². The lowest BCUT2D eigenvalue weighted by Crippen LogP contribution is -2.48. The fourth-order valence-corrected chi connectivity index (χ4v) is 3.62. The predicted molar refractivity (Wildman–Crippen MR) is 111 cm³/mol. The zero-order valence-electron chi connectivity index (χ0n) is 18.5. The van der Waals surface area contributed by atoms with Crippen molar-refractivity contribution in [2.24, 2.45) is 0 Å². The molecular weight excluding hydrogens is 531 g/mol. The molecule has 0 amide bonds. The van der Waals surface area contributed by atoms with Gasteiger partial charge in [0, 0.05) is 47.1 Å². The van der Waals surface area contributed by atoms with E-state index in [4.69, 9.17) is 49.4 Å². The molecule has 11 nitrogen and oxygen atoms in total. The minimum Gasteiger partial charge on any atom is -0.480 e. The Morgan fingerprint density at radius 3 is 1.89 bits per heavy atom. The van der Waals surface area contributed by atoms with Crippen molar-refractivity contribution in [1.82, 2.24) is 9.80 Å². The van der Waals surface area contributed by atoms with Crippen molar-refractivity contribution in [1.29, 1.82) is 0 Å². The number of hydrogen-bond donors (Lipinski definition) is 3. The molecule has 35 heavy (non-hydrogen) atoms. The standard InChI is InChI=1S/C21H25ClN2O3.2ClHO3/c22-19-8-6-18(7-9-19)21(17-4-2-1-3-5-17)24-12-10-23(11-13-24)14-15-27-16-20(25)26;2*2-1(3)4/h1-9,21H,10-16H2,(H,25,26);2*2H. The van der Waals surface area contributed by atoms with Crippen molar-refractivity contribution in [3.8, 4) is 0 Å². The summed E-state index contributed by atoms with van der Waals surface area (Å²) in [7, 11) is -5.20. The van der Waals surface area contributed by atoms with Crippen LogP contribution in [0.4, 0.5) is 0 Å². The van der Waals surface area contributed by atoms with Gasteiger partial charge in [0.25, 0.3) is 21.6 Å². The number of carboxylic acids is 1. The number of carbonyl (C=O) groups is 1. The summed E-state index contributed by atoms with van der Waals surface area (Å²) >= 11 is 6.08. The molecule has 1 aliphatic heterocycles. The van der Waals surface area contributed by atoms with E-state index in [1.54, 1.807) is 0 Å². The lowest BCUT2D eigenvalue weighted by atomic mass is 9.96. The summed E-state index contributed by atoms with van der Waals surface area (Å²) in [6.45, 7) is 4.75. The van der Waals surface area contributed by atoms with Crippen LogP contribution < -0.4 is 18.6 Å². The van der Waals surface area contributed by atoms with Crippen molar-refractivity contribution in [3.63, 3.8) is 0 Å². The van der Waals surface area contributed by atoms with Crippen LogP contribution in [0.5, 0.6) is 0 Å². The van der Waals surface area contributed by atoms with E-state index >= 15 is 0 Å². The van der Waals surface area contributed by atoms with Gasteiger partial charge in [0.05, 0.1) is 12.6 Å². The quantitative estimate of drug-likeness (QED) is 0.286. The number of hydrogen-bond acceptors (Lipinski definition) is 10. The number of aliphatic carboxylic acids is 1. The van der Waals surface area contributed by atoms with Gasteiger partial charge in [0.2, 0.25) is 0 Å². The van der Waals surface area contributed by atoms with Crippen LogP contribution in [-0.2, 0) is 9.53 Å². The fraction of sp³-hybridized carbons (Fsp3) is 0.381. The van der Waals surface area contributed by atoms with Crippen LogP contribution in [0.3, 0.4) is 0 Å². The van der Waals surface area contributed by atoms with Crippen LogP contribution in [0.2, 0.25) is 5.02 Å².